The molecule has 0 unspecified atom stereocenters. The molecule has 122 valence electrons. The van der Waals surface area contributed by atoms with Crippen LogP contribution in [0.5, 0.6) is 0 Å². The predicted octanol–water partition coefficient (Wildman–Crippen LogP) is -0.0258. The van der Waals surface area contributed by atoms with Crippen LogP contribution in [-0.4, -0.2) is 53.4 Å². The number of carbonyl (C=O) groups excluding carboxylic acids is 2. The molecule has 0 aliphatic rings. The highest BCUT2D eigenvalue weighted by atomic mass is 32.2. The highest BCUT2D eigenvalue weighted by Crippen LogP contribution is 2.14. The minimum atomic E-state index is -3.31. The van der Waals surface area contributed by atoms with Crippen LogP contribution in [0.4, 0.5) is 10.5 Å². The van der Waals surface area contributed by atoms with E-state index in [-0.39, 0.29) is 11.4 Å². The molecule has 3 N–H and O–H groups in total. The Balaban J connectivity index is 2.46. The molecule has 0 radical (unpaired) electrons. The third-order valence-corrected chi connectivity index (χ3v) is 3.67. The molecule has 22 heavy (non-hydrogen) atoms. The van der Waals surface area contributed by atoms with Gasteiger partial charge >= 0.3 is 6.03 Å². The molecule has 8 nitrogen and oxygen atoms in total. The van der Waals surface area contributed by atoms with Crippen molar-refractivity contribution in [2.75, 3.05) is 38.4 Å². The lowest BCUT2D eigenvalue weighted by Gasteiger charge is -2.09. The molecular formula is C13H19N3O5S. The zero-order chi connectivity index (χ0) is 16.6. The van der Waals surface area contributed by atoms with Crippen LogP contribution in [0, 0.1) is 0 Å². The summed E-state index contributed by atoms with van der Waals surface area (Å²) in [6, 6.07) is 5.45. The van der Waals surface area contributed by atoms with Crippen molar-refractivity contribution in [2.24, 2.45) is 0 Å². The van der Waals surface area contributed by atoms with Crippen molar-refractivity contribution in [3.8, 4) is 0 Å². The number of carbonyl (C=O) groups is 2. The van der Waals surface area contributed by atoms with Crippen LogP contribution in [0.25, 0.3) is 0 Å². The summed E-state index contributed by atoms with van der Waals surface area (Å²) in [4.78, 5) is 23.0. The van der Waals surface area contributed by atoms with Crippen LogP contribution in [0.3, 0.4) is 0 Å². The molecule has 0 aromatic heterocycles. The molecule has 1 aromatic carbocycles. The monoisotopic (exact) mass is 329 g/mol. The van der Waals surface area contributed by atoms with Gasteiger partial charge in [0, 0.05) is 25.6 Å². The average Bonchev–Trinajstić information content (AvgIpc) is 2.45. The van der Waals surface area contributed by atoms with E-state index in [2.05, 4.69) is 16.0 Å². The lowest BCUT2D eigenvalue weighted by molar-refractivity contribution is -0.118. The molecule has 1 aromatic rings. The van der Waals surface area contributed by atoms with Gasteiger partial charge in [-0.3, -0.25) is 10.1 Å². The molecule has 0 aliphatic carbocycles. The van der Waals surface area contributed by atoms with Gasteiger partial charge in [0.25, 0.3) is 0 Å². The van der Waals surface area contributed by atoms with E-state index in [1.165, 1.54) is 19.2 Å². The summed E-state index contributed by atoms with van der Waals surface area (Å²) < 4.78 is 27.6. The third-order valence-electron chi connectivity index (χ3n) is 2.56. The summed E-state index contributed by atoms with van der Waals surface area (Å²) >= 11 is 0. The number of amides is 3. The van der Waals surface area contributed by atoms with E-state index < -0.39 is 21.8 Å². The second-order valence-electron chi connectivity index (χ2n) is 4.45. The predicted molar refractivity (Wildman–Crippen MR) is 81.5 cm³/mol. The summed E-state index contributed by atoms with van der Waals surface area (Å²) in [5.41, 5.74) is 0.470. The maximum Gasteiger partial charge on any atom is 0.321 e. The van der Waals surface area contributed by atoms with E-state index in [1.54, 1.807) is 12.1 Å². The Labute approximate surface area is 129 Å². The number of methoxy groups -OCH3 is 1. The molecule has 1 rings (SSSR count). The summed E-state index contributed by atoms with van der Waals surface area (Å²) in [6.07, 6.45) is 1.10. The number of hydrogen-bond acceptors (Lipinski definition) is 6. The van der Waals surface area contributed by atoms with Gasteiger partial charge in [0.15, 0.2) is 9.84 Å². The summed E-state index contributed by atoms with van der Waals surface area (Å²) in [7, 11) is -1.81. The number of urea groups is 1. The van der Waals surface area contributed by atoms with E-state index in [1.807, 2.05) is 0 Å². The molecule has 3 amide bonds. The first-order chi connectivity index (χ1) is 10.3. The van der Waals surface area contributed by atoms with E-state index in [0.29, 0.717) is 18.8 Å². The molecule has 9 heteroatoms. The van der Waals surface area contributed by atoms with Crippen LogP contribution in [-0.2, 0) is 19.4 Å². The molecule has 0 aliphatic heterocycles. The third kappa shape index (κ3) is 6.55. The SMILES string of the molecule is COCCNC(=O)NC(=O)CNc1cccc(S(C)(=O)=O)c1. The minimum Gasteiger partial charge on any atom is -0.383 e. The Morgan fingerprint density at radius 3 is 2.64 bits per heavy atom. The Morgan fingerprint density at radius 1 is 1.27 bits per heavy atom. The van der Waals surface area contributed by atoms with Gasteiger partial charge in [-0.15, -0.1) is 0 Å². The van der Waals surface area contributed by atoms with E-state index in [4.69, 9.17) is 4.74 Å². The molecule has 0 spiro atoms. The molecule has 0 saturated heterocycles. The maximum absolute atomic E-state index is 11.6. The topological polar surface area (TPSA) is 114 Å². The van der Waals surface area contributed by atoms with Gasteiger partial charge in [-0.2, -0.15) is 0 Å². The number of hydrogen-bond donors (Lipinski definition) is 3. The van der Waals surface area contributed by atoms with Crippen molar-refractivity contribution in [1.29, 1.82) is 0 Å². The van der Waals surface area contributed by atoms with E-state index in [9.17, 15) is 18.0 Å². The number of imide groups is 1. The number of rotatable bonds is 7. The fourth-order valence-corrected chi connectivity index (χ4v) is 2.17. The van der Waals surface area contributed by atoms with Crippen LogP contribution in [0.15, 0.2) is 29.2 Å². The molecule has 0 fully saturated rings. The lowest BCUT2D eigenvalue weighted by Crippen LogP contribution is -2.42. The molecule has 0 atom stereocenters. The smallest absolute Gasteiger partial charge is 0.321 e. The molecule has 0 heterocycles. The quantitative estimate of drug-likeness (QED) is 0.606. The van der Waals surface area contributed by atoms with Crippen molar-refractivity contribution >= 4 is 27.5 Å². The van der Waals surface area contributed by atoms with Gasteiger partial charge in [-0.25, -0.2) is 13.2 Å². The fourth-order valence-electron chi connectivity index (χ4n) is 1.50. The van der Waals surface area contributed by atoms with Gasteiger partial charge < -0.3 is 15.4 Å². The number of anilines is 1. The first kappa shape index (κ1) is 17.9. The molecule has 0 bridgehead atoms. The normalized spacial score (nSPS) is 10.8. The number of benzene rings is 1. The van der Waals surface area contributed by atoms with Gasteiger partial charge in [-0.05, 0) is 18.2 Å². The summed E-state index contributed by atoms with van der Waals surface area (Å²) in [5, 5.41) is 7.32. The second kappa shape index (κ2) is 8.35. The maximum atomic E-state index is 11.6. The van der Waals surface area contributed by atoms with Crippen molar-refractivity contribution in [1.82, 2.24) is 10.6 Å². The van der Waals surface area contributed by atoms with Crippen molar-refractivity contribution < 1.29 is 22.7 Å². The summed E-state index contributed by atoms with van der Waals surface area (Å²) in [6.45, 7) is 0.475. The Bertz CT molecular complexity index is 630. The van der Waals surface area contributed by atoms with Crippen LogP contribution >= 0.6 is 0 Å². The van der Waals surface area contributed by atoms with Crippen LogP contribution in [0.1, 0.15) is 0 Å². The summed E-state index contributed by atoms with van der Waals surface area (Å²) in [5.74, 6) is -0.542. The van der Waals surface area contributed by atoms with Crippen LogP contribution < -0.4 is 16.0 Å². The highest BCUT2D eigenvalue weighted by molar-refractivity contribution is 7.90. The van der Waals surface area contributed by atoms with Crippen LogP contribution in [0.2, 0.25) is 0 Å². The van der Waals surface area contributed by atoms with Gasteiger partial charge in [0.05, 0.1) is 18.0 Å². The first-order valence-corrected chi connectivity index (χ1v) is 8.32. The van der Waals surface area contributed by atoms with Gasteiger partial charge in [0.1, 0.15) is 0 Å². The fraction of sp³-hybridized carbons (Fsp3) is 0.385. The minimum absolute atomic E-state index is 0.148. The number of ether oxygens (including phenoxy) is 1. The van der Waals surface area contributed by atoms with Gasteiger partial charge in [0.2, 0.25) is 5.91 Å². The number of sulfone groups is 1. The standard InChI is InChI=1S/C13H19N3O5S/c1-21-7-6-14-13(18)16-12(17)9-15-10-4-3-5-11(8-10)22(2,19)20/h3-5,8,15H,6-7,9H2,1-2H3,(H2,14,16,17,18). The second-order valence-corrected chi connectivity index (χ2v) is 6.47. The molecular weight excluding hydrogens is 310 g/mol. The largest absolute Gasteiger partial charge is 0.383 e. The molecule has 0 saturated carbocycles. The zero-order valence-corrected chi connectivity index (χ0v) is 13.2. The first-order valence-electron chi connectivity index (χ1n) is 6.43. The van der Waals surface area contributed by atoms with Crippen molar-refractivity contribution in [2.45, 2.75) is 4.90 Å². The highest BCUT2D eigenvalue weighted by Gasteiger charge is 2.09. The van der Waals surface area contributed by atoms with Gasteiger partial charge in [-0.1, -0.05) is 6.07 Å². The Kier molecular flexibility index (Phi) is 6.80. The van der Waals surface area contributed by atoms with Crippen molar-refractivity contribution in [3.05, 3.63) is 24.3 Å². The average molecular weight is 329 g/mol. The Morgan fingerprint density at radius 2 is 2.00 bits per heavy atom. The van der Waals surface area contributed by atoms with E-state index in [0.717, 1.165) is 6.26 Å². The van der Waals surface area contributed by atoms with E-state index >= 15 is 0 Å². The zero-order valence-electron chi connectivity index (χ0n) is 12.4. The Hall–Kier alpha value is -2.13. The lowest BCUT2D eigenvalue weighted by atomic mass is 10.3. The number of nitrogens with one attached hydrogen (secondary N) is 3. The van der Waals surface area contributed by atoms with Crippen molar-refractivity contribution in [3.63, 3.8) is 0 Å².